The van der Waals surface area contributed by atoms with E-state index in [1.165, 1.54) is 12.1 Å². The minimum atomic E-state index is -0.447. The predicted molar refractivity (Wildman–Crippen MR) is 87.0 cm³/mol. The highest BCUT2D eigenvalue weighted by Crippen LogP contribution is 2.35. The van der Waals surface area contributed by atoms with Gasteiger partial charge in [0.1, 0.15) is 12.4 Å². The lowest BCUT2D eigenvalue weighted by Gasteiger charge is -2.25. The molecule has 5 heteroatoms. The average Bonchev–Trinajstić information content (AvgIpc) is 2.56. The van der Waals surface area contributed by atoms with Crippen molar-refractivity contribution in [3.63, 3.8) is 0 Å². The molecule has 2 aromatic carbocycles. The Morgan fingerprint density at radius 2 is 1.87 bits per heavy atom. The highest BCUT2D eigenvalue weighted by atomic mass is 35.5. The van der Waals surface area contributed by atoms with Gasteiger partial charge in [-0.2, -0.15) is 0 Å². The van der Waals surface area contributed by atoms with E-state index in [9.17, 15) is 8.78 Å². The molecule has 1 N–H and O–H groups in total. The number of hydrogen-bond donors (Lipinski definition) is 1. The highest BCUT2D eigenvalue weighted by Gasteiger charge is 2.21. The Labute approximate surface area is 139 Å². The molecule has 0 atom stereocenters. The molecular weight excluding hydrogens is 320 g/mol. The number of benzene rings is 2. The van der Waals surface area contributed by atoms with Crippen molar-refractivity contribution in [1.29, 1.82) is 0 Å². The Morgan fingerprint density at radius 3 is 2.61 bits per heavy atom. The lowest BCUT2D eigenvalue weighted by atomic mass is 9.89. The molecule has 0 aromatic heterocycles. The van der Waals surface area contributed by atoms with Gasteiger partial charge in [0.15, 0.2) is 11.6 Å². The Balaban J connectivity index is 1.81. The summed E-state index contributed by atoms with van der Waals surface area (Å²) in [4.78, 5) is 0. The summed E-state index contributed by atoms with van der Waals surface area (Å²) in [6.07, 6.45) is 1.88. The molecule has 0 unspecified atom stereocenters. The lowest BCUT2D eigenvalue weighted by molar-refractivity contribution is 0.277. The second kappa shape index (κ2) is 7.28. The summed E-state index contributed by atoms with van der Waals surface area (Å²) in [5.74, 6) is -0.363. The van der Waals surface area contributed by atoms with Crippen LogP contribution in [0.25, 0.3) is 0 Å². The van der Waals surface area contributed by atoms with Crippen LogP contribution in [0, 0.1) is 11.6 Å². The molecule has 1 heterocycles. The fourth-order valence-electron chi connectivity index (χ4n) is 2.92. The third kappa shape index (κ3) is 3.82. The zero-order valence-corrected chi connectivity index (χ0v) is 13.4. The van der Waals surface area contributed by atoms with Crippen LogP contribution >= 0.6 is 11.6 Å². The SMILES string of the molecule is Fc1cc(Cl)ccc1COc1c(F)cccc1C1CCNCC1. The van der Waals surface area contributed by atoms with Crippen LogP contribution in [0.2, 0.25) is 5.02 Å². The molecule has 0 spiro atoms. The Bertz CT molecular complexity index is 687. The molecule has 3 rings (SSSR count). The van der Waals surface area contributed by atoms with Gasteiger partial charge in [-0.15, -0.1) is 0 Å². The number of halogens is 3. The minimum Gasteiger partial charge on any atom is -0.485 e. The van der Waals surface area contributed by atoms with E-state index in [1.807, 2.05) is 6.07 Å². The van der Waals surface area contributed by atoms with Crippen LogP contribution in [-0.2, 0) is 6.61 Å². The van der Waals surface area contributed by atoms with Crippen LogP contribution in [-0.4, -0.2) is 13.1 Å². The molecule has 2 aromatic rings. The summed E-state index contributed by atoms with van der Waals surface area (Å²) in [6.45, 7) is 1.79. The molecule has 0 aliphatic carbocycles. The Hall–Kier alpha value is -1.65. The van der Waals surface area contributed by atoms with E-state index in [-0.39, 0.29) is 18.3 Å². The van der Waals surface area contributed by atoms with Gasteiger partial charge in [-0.3, -0.25) is 0 Å². The van der Waals surface area contributed by atoms with Crippen LogP contribution in [0.15, 0.2) is 36.4 Å². The second-order valence-electron chi connectivity index (χ2n) is 5.71. The van der Waals surface area contributed by atoms with Crippen molar-refractivity contribution in [3.8, 4) is 5.75 Å². The van der Waals surface area contributed by atoms with E-state index in [4.69, 9.17) is 16.3 Å². The van der Waals surface area contributed by atoms with E-state index < -0.39 is 11.6 Å². The van der Waals surface area contributed by atoms with E-state index >= 15 is 0 Å². The molecule has 1 aliphatic rings. The fraction of sp³-hybridized carbons (Fsp3) is 0.333. The lowest BCUT2D eigenvalue weighted by Crippen LogP contribution is -2.27. The van der Waals surface area contributed by atoms with Crippen molar-refractivity contribution in [1.82, 2.24) is 5.32 Å². The summed E-state index contributed by atoms with van der Waals surface area (Å²) < 4.78 is 33.7. The van der Waals surface area contributed by atoms with Gasteiger partial charge in [0, 0.05) is 16.1 Å². The van der Waals surface area contributed by atoms with Gasteiger partial charge in [0.05, 0.1) is 0 Å². The van der Waals surface area contributed by atoms with Crippen LogP contribution in [0.5, 0.6) is 5.75 Å². The van der Waals surface area contributed by atoms with Crippen molar-refractivity contribution >= 4 is 11.6 Å². The van der Waals surface area contributed by atoms with Crippen LogP contribution in [0.1, 0.15) is 29.9 Å². The number of nitrogens with one attached hydrogen (secondary N) is 1. The maximum atomic E-state index is 14.2. The number of hydrogen-bond acceptors (Lipinski definition) is 2. The van der Waals surface area contributed by atoms with E-state index in [2.05, 4.69) is 5.32 Å². The monoisotopic (exact) mass is 337 g/mol. The fourth-order valence-corrected chi connectivity index (χ4v) is 3.08. The molecule has 23 heavy (non-hydrogen) atoms. The molecule has 0 saturated carbocycles. The zero-order valence-electron chi connectivity index (χ0n) is 12.6. The first-order valence-electron chi connectivity index (χ1n) is 7.71. The van der Waals surface area contributed by atoms with Gasteiger partial charge >= 0.3 is 0 Å². The van der Waals surface area contributed by atoms with E-state index in [1.54, 1.807) is 18.2 Å². The number of para-hydroxylation sites is 1. The summed E-state index contributed by atoms with van der Waals surface area (Å²) in [7, 11) is 0. The molecule has 0 bridgehead atoms. The number of ether oxygens (including phenoxy) is 1. The van der Waals surface area contributed by atoms with Crippen LogP contribution < -0.4 is 10.1 Å². The highest BCUT2D eigenvalue weighted by molar-refractivity contribution is 6.30. The van der Waals surface area contributed by atoms with Gasteiger partial charge < -0.3 is 10.1 Å². The minimum absolute atomic E-state index is 0.0259. The summed E-state index contributed by atoms with van der Waals surface area (Å²) in [6, 6.07) is 9.35. The zero-order chi connectivity index (χ0) is 16.2. The number of piperidine rings is 1. The maximum absolute atomic E-state index is 14.2. The van der Waals surface area contributed by atoms with Crippen molar-refractivity contribution in [2.45, 2.75) is 25.4 Å². The van der Waals surface area contributed by atoms with Crippen molar-refractivity contribution in [2.75, 3.05) is 13.1 Å². The van der Waals surface area contributed by atoms with Crippen molar-refractivity contribution in [2.24, 2.45) is 0 Å². The van der Waals surface area contributed by atoms with Gasteiger partial charge in [0.25, 0.3) is 0 Å². The summed E-state index contributed by atoms with van der Waals surface area (Å²) >= 11 is 5.74. The van der Waals surface area contributed by atoms with E-state index in [0.717, 1.165) is 31.5 Å². The van der Waals surface area contributed by atoms with E-state index in [0.29, 0.717) is 10.6 Å². The van der Waals surface area contributed by atoms with Gasteiger partial charge in [-0.1, -0.05) is 29.8 Å². The quantitative estimate of drug-likeness (QED) is 0.875. The second-order valence-corrected chi connectivity index (χ2v) is 6.14. The van der Waals surface area contributed by atoms with Crippen molar-refractivity contribution in [3.05, 3.63) is 64.2 Å². The van der Waals surface area contributed by atoms with Crippen LogP contribution in [0.4, 0.5) is 8.78 Å². The molecule has 2 nitrogen and oxygen atoms in total. The Morgan fingerprint density at radius 1 is 1.09 bits per heavy atom. The summed E-state index contributed by atoms with van der Waals surface area (Å²) in [5, 5.41) is 3.62. The summed E-state index contributed by atoms with van der Waals surface area (Å²) in [5.41, 5.74) is 1.22. The van der Waals surface area contributed by atoms with Crippen molar-refractivity contribution < 1.29 is 13.5 Å². The molecule has 1 saturated heterocycles. The molecule has 0 radical (unpaired) electrons. The smallest absolute Gasteiger partial charge is 0.165 e. The first-order chi connectivity index (χ1) is 11.1. The topological polar surface area (TPSA) is 21.3 Å². The number of rotatable bonds is 4. The molecule has 0 amide bonds. The molecule has 1 fully saturated rings. The molecule has 1 aliphatic heterocycles. The van der Waals surface area contributed by atoms with Gasteiger partial charge in [-0.25, -0.2) is 8.78 Å². The normalized spacial score (nSPS) is 15.6. The third-order valence-corrected chi connectivity index (χ3v) is 4.40. The van der Waals surface area contributed by atoms with Crippen LogP contribution in [0.3, 0.4) is 0 Å². The first kappa shape index (κ1) is 16.2. The predicted octanol–water partition coefficient (Wildman–Crippen LogP) is 4.66. The van der Waals surface area contributed by atoms with Gasteiger partial charge in [0.2, 0.25) is 0 Å². The molecular formula is C18H18ClF2NO. The largest absolute Gasteiger partial charge is 0.485 e. The maximum Gasteiger partial charge on any atom is 0.165 e. The Kier molecular flexibility index (Phi) is 5.13. The first-order valence-corrected chi connectivity index (χ1v) is 8.09. The molecule has 122 valence electrons. The third-order valence-electron chi connectivity index (χ3n) is 4.16. The average molecular weight is 338 g/mol. The standard InChI is InChI=1S/C18H18ClF2NO/c19-14-5-4-13(17(21)10-14)11-23-18-15(2-1-3-16(18)20)12-6-8-22-9-7-12/h1-5,10,12,22H,6-9,11H2. The van der Waals surface area contributed by atoms with Gasteiger partial charge in [-0.05, 0) is 50.0 Å².